The molecule has 0 spiro atoms. The molecule has 0 N–H and O–H groups in total. The van der Waals surface area contributed by atoms with Gasteiger partial charge < -0.3 is 4.43 Å². The van der Waals surface area contributed by atoms with E-state index in [0.717, 1.165) is 29.0 Å². The summed E-state index contributed by atoms with van der Waals surface area (Å²) in [5, 5.41) is 3.94. The molecule has 1 aliphatic rings. The largest absolute Gasteiger partial charge is 0.538 e. The van der Waals surface area contributed by atoms with Gasteiger partial charge in [0.25, 0.3) is 8.32 Å². The molecule has 0 saturated carbocycles. The average Bonchev–Trinajstić information content (AvgIpc) is 2.76. The minimum atomic E-state index is -2.18. The molecule has 1 aromatic heterocycles. The van der Waals surface area contributed by atoms with Crippen LogP contribution in [0.4, 0.5) is 0 Å². The fraction of sp³-hybridized carbons (Fsp3) is 0.344. The number of nitrogens with zero attached hydrogens (tertiary/aromatic N) is 1. The van der Waals surface area contributed by atoms with Gasteiger partial charge >= 0.3 is 0 Å². The maximum absolute atomic E-state index is 6.93. The van der Waals surface area contributed by atoms with Crippen LogP contribution in [0.25, 0.3) is 33.2 Å². The first kappa shape index (κ1) is 23.8. The molecule has 3 aromatic carbocycles. The van der Waals surface area contributed by atoms with Gasteiger partial charge in [0.05, 0.1) is 0 Å². The standard InChI is InChI=1S/C32H37NOSi/c1-31(2,3)20-21-13-14-25-26-15-16-33-29(30(26)34-35(7,8)28(25)17-21)23-18-22-11-9-10-12-24(22)27(19-23)32(4,5)6/h9-19H,20H2,1-8H3. The summed E-state index contributed by atoms with van der Waals surface area (Å²) in [6.45, 7) is 18.4. The number of fused-ring (bicyclic) bond motifs is 4. The smallest absolute Gasteiger partial charge is 0.277 e. The predicted molar refractivity (Wildman–Crippen MR) is 152 cm³/mol. The fourth-order valence-electron chi connectivity index (χ4n) is 5.39. The lowest BCUT2D eigenvalue weighted by atomic mass is 9.82. The second-order valence-electron chi connectivity index (χ2n) is 12.8. The number of hydrogen-bond donors (Lipinski definition) is 0. The highest BCUT2D eigenvalue weighted by atomic mass is 28.4. The first-order chi connectivity index (χ1) is 16.3. The van der Waals surface area contributed by atoms with Crippen LogP contribution in [-0.2, 0) is 11.8 Å². The Kier molecular flexibility index (Phi) is 5.48. The molecule has 0 aliphatic carbocycles. The van der Waals surface area contributed by atoms with E-state index < -0.39 is 8.32 Å². The molecule has 0 fully saturated rings. The molecule has 0 atom stereocenters. The number of hydrogen-bond acceptors (Lipinski definition) is 2. The molecule has 2 heterocycles. The van der Waals surface area contributed by atoms with Crippen LogP contribution in [0, 0.1) is 5.41 Å². The van der Waals surface area contributed by atoms with Gasteiger partial charge in [-0.15, -0.1) is 0 Å². The minimum absolute atomic E-state index is 0.0232. The Balaban J connectivity index is 1.71. The lowest BCUT2D eigenvalue weighted by molar-refractivity contribution is 0.411. The van der Waals surface area contributed by atoms with Crippen molar-refractivity contribution in [3.63, 3.8) is 0 Å². The molecule has 3 heteroatoms. The molecular formula is C32H37NOSi. The Bertz CT molecular complexity index is 1440. The van der Waals surface area contributed by atoms with Crippen molar-refractivity contribution in [1.29, 1.82) is 0 Å². The van der Waals surface area contributed by atoms with Crippen molar-refractivity contribution < 1.29 is 4.43 Å². The molecular weight excluding hydrogens is 442 g/mol. The summed E-state index contributed by atoms with van der Waals surface area (Å²) in [5.74, 6) is 0.940. The highest BCUT2D eigenvalue weighted by molar-refractivity contribution is 6.86. The molecule has 35 heavy (non-hydrogen) atoms. The first-order valence-electron chi connectivity index (χ1n) is 12.7. The maximum atomic E-state index is 6.93. The molecule has 0 unspecified atom stereocenters. The number of aromatic nitrogens is 1. The molecule has 0 amide bonds. The van der Waals surface area contributed by atoms with Crippen LogP contribution in [0.15, 0.2) is 66.9 Å². The van der Waals surface area contributed by atoms with E-state index in [9.17, 15) is 0 Å². The van der Waals surface area contributed by atoms with E-state index in [0.29, 0.717) is 0 Å². The normalized spacial score (nSPS) is 14.9. The van der Waals surface area contributed by atoms with Gasteiger partial charge in [0.1, 0.15) is 11.4 Å². The van der Waals surface area contributed by atoms with E-state index in [2.05, 4.69) is 115 Å². The van der Waals surface area contributed by atoms with Gasteiger partial charge in [-0.3, -0.25) is 4.98 Å². The summed E-state index contributed by atoms with van der Waals surface area (Å²) < 4.78 is 6.93. The number of benzene rings is 3. The molecule has 5 rings (SSSR count). The van der Waals surface area contributed by atoms with Crippen molar-refractivity contribution >= 4 is 24.3 Å². The van der Waals surface area contributed by atoms with Crippen LogP contribution < -0.4 is 9.61 Å². The molecule has 2 nitrogen and oxygen atoms in total. The highest BCUT2D eigenvalue weighted by Gasteiger charge is 2.38. The third kappa shape index (κ3) is 4.43. The van der Waals surface area contributed by atoms with Gasteiger partial charge in [0.2, 0.25) is 0 Å². The van der Waals surface area contributed by atoms with E-state index >= 15 is 0 Å². The molecule has 4 aromatic rings. The van der Waals surface area contributed by atoms with E-state index in [-0.39, 0.29) is 10.8 Å². The predicted octanol–water partition coefficient (Wildman–Crippen LogP) is 8.26. The molecule has 0 bridgehead atoms. The number of pyridine rings is 1. The van der Waals surface area contributed by atoms with Crippen molar-refractivity contribution in [2.24, 2.45) is 5.41 Å². The fourth-order valence-corrected chi connectivity index (χ4v) is 7.62. The Morgan fingerprint density at radius 1 is 0.829 bits per heavy atom. The summed E-state index contributed by atoms with van der Waals surface area (Å²) in [6, 6.07) is 22.4. The van der Waals surface area contributed by atoms with Gasteiger partial charge in [-0.25, -0.2) is 0 Å². The number of rotatable bonds is 2. The summed E-state index contributed by atoms with van der Waals surface area (Å²) in [7, 11) is -2.18. The Morgan fingerprint density at radius 3 is 2.29 bits per heavy atom. The Hall–Kier alpha value is -2.91. The van der Waals surface area contributed by atoms with Crippen molar-refractivity contribution in [1.82, 2.24) is 4.98 Å². The van der Waals surface area contributed by atoms with Crippen molar-refractivity contribution in [2.45, 2.75) is 66.5 Å². The zero-order valence-electron chi connectivity index (χ0n) is 22.4. The van der Waals surface area contributed by atoms with Crippen LogP contribution in [0.5, 0.6) is 5.75 Å². The van der Waals surface area contributed by atoms with Gasteiger partial charge in [-0.2, -0.15) is 0 Å². The van der Waals surface area contributed by atoms with Gasteiger partial charge in [0.15, 0.2) is 0 Å². The molecule has 0 saturated heterocycles. The average molecular weight is 480 g/mol. The van der Waals surface area contributed by atoms with Crippen LogP contribution in [0.3, 0.4) is 0 Å². The summed E-state index contributed by atoms with van der Waals surface area (Å²) in [4.78, 5) is 4.89. The maximum Gasteiger partial charge on any atom is 0.277 e. The summed E-state index contributed by atoms with van der Waals surface area (Å²) in [6.07, 6.45) is 3.00. The van der Waals surface area contributed by atoms with Gasteiger partial charge in [0, 0.05) is 17.3 Å². The van der Waals surface area contributed by atoms with E-state index in [4.69, 9.17) is 9.41 Å². The third-order valence-corrected chi connectivity index (χ3v) is 9.39. The van der Waals surface area contributed by atoms with Crippen molar-refractivity contribution in [3.05, 3.63) is 78.0 Å². The van der Waals surface area contributed by atoms with Gasteiger partial charge in [-0.1, -0.05) is 84.0 Å². The minimum Gasteiger partial charge on any atom is -0.538 e. The Morgan fingerprint density at radius 2 is 1.57 bits per heavy atom. The first-order valence-corrected chi connectivity index (χ1v) is 15.6. The quantitative estimate of drug-likeness (QED) is 0.270. The monoisotopic (exact) mass is 479 g/mol. The third-order valence-electron chi connectivity index (χ3n) is 6.96. The topological polar surface area (TPSA) is 22.1 Å². The Labute approximate surface area is 211 Å². The van der Waals surface area contributed by atoms with Crippen molar-refractivity contribution in [2.75, 3.05) is 0 Å². The molecule has 180 valence electrons. The van der Waals surface area contributed by atoms with Crippen LogP contribution in [-0.4, -0.2) is 13.3 Å². The van der Waals surface area contributed by atoms with E-state index in [1.165, 1.54) is 32.6 Å². The van der Waals surface area contributed by atoms with E-state index in [1.807, 2.05) is 6.20 Å². The SMILES string of the molecule is CC(C)(C)Cc1ccc2c(c1)[Si](C)(C)Oc1c-2ccnc1-c1cc(C(C)(C)C)c2ccccc2c1. The highest BCUT2D eigenvalue weighted by Crippen LogP contribution is 2.44. The van der Waals surface area contributed by atoms with Crippen molar-refractivity contribution in [3.8, 4) is 28.1 Å². The summed E-state index contributed by atoms with van der Waals surface area (Å²) in [5.41, 5.74) is 7.55. The molecule has 1 aliphatic heterocycles. The van der Waals surface area contributed by atoms with Crippen LogP contribution in [0.1, 0.15) is 52.7 Å². The second kappa shape index (κ2) is 8.06. The zero-order chi connectivity index (χ0) is 25.2. The lowest BCUT2D eigenvalue weighted by Crippen LogP contribution is -2.51. The second-order valence-corrected chi connectivity index (χ2v) is 16.5. The van der Waals surface area contributed by atoms with Crippen LogP contribution in [0.2, 0.25) is 13.1 Å². The summed E-state index contributed by atoms with van der Waals surface area (Å²) >= 11 is 0. The molecule has 0 radical (unpaired) electrons. The lowest BCUT2D eigenvalue weighted by Gasteiger charge is -2.35. The zero-order valence-corrected chi connectivity index (χ0v) is 23.4. The van der Waals surface area contributed by atoms with E-state index in [1.54, 1.807) is 0 Å². The van der Waals surface area contributed by atoms with Gasteiger partial charge in [-0.05, 0) is 81.2 Å². The van der Waals surface area contributed by atoms with Crippen LogP contribution >= 0.6 is 0 Å².